The van der Waals surface area contributed by atoms with Crippen LogP contribution in [0.25, 0.3) is 0 Å². The fourth-order valence-corrected chi connectivity index (χ4v) is 4.39. The van der Waals surface area contributed by atoms with E-state index in [-0.39, 0.29) is 11.0 Å². The molecule has 134 valence electrons. The van der Waals surface area contributed by atoms with E-state index in [9.17, 15) is 4.79 Å². The molecule has 5 heteroatoms. The second kappa shape index (κ2) is 8.11. The van der Waals surface area contributed by atoms with E-state index in [1.165, 1.54) is 0 Å². The summed E-state index contributed by atoms with van der Waals surface area (Å²) in [6, 6.07) is 25.5. The van der Waals surface area contributed by atoms with Crippen molar-refractivity contribution in [3.63, 3.8) is 0 Å². The quantitative estimate of drug-likeness (QED) is 0.467. The smallest absolute Gasteiger partial charge is 0.166 e. The molecule has 3 aromatic carbocycles. The van der Waals surface area contributed by atoms with Gasteiger partial charge in [0.2, 0.25) is 0 Å². The molecule has 0 spiro atoms. The summed E-state index contributed by atoms with van der Waals surface area (Å²) >= 11 is 5.02. The lowest BCUT2D eigenvalue weighted by atomic mass is 10.0. The Hall–Kier alpha value is -2.37. The Morgan fingerprint density at radius 1 is 0.963 bits per heavy atom. The van der Waals surface area contributed by atoms with Gasteiger partial charge in [0.1, 0.15) is 0 Å². The number of rotatable bonds is 4. The molecule has 1 heterocycles. The van der Waals surface area contributed by atoms with Crippen LogP contribution in [0.3, 0.4) is 0 Å². The Kier molecular flexibility index (Phi) is 5.41. The number of anilines is 1. The number of hydrogen-bond acceptors (Lipinski definition) is 4. The number of Topliss-reactive ketones (excluding diaryl/α,β-unsaturated/α-hetero) is 1. The van der Waals surface area contributed by atoms with Crippen LogP contribution in [0.15, 0.2) is 88.3 Å². The van der Waals surface area contributed by atoms with Crippen LogP contribution >= 0.6 is 27.7 Å². The van der Waals surface area contributed by atoms with Gasteiger partial charge in [0.25, 0.3) is 0 Å². The summed E-state index contributed by atoms with van der Waals surface area (Å²) in [5, 5.41) is 4.21. The molecule has 3 aromatic rings. The summed E-state index contributed by atoms with van der Waals surface area (Å²) in [4.78, 5) is 17.5. The first-order chi connectivity index (χ1) is 13.2. The van der Waals surface area contributed by atoms with E-state index in [0.717, 1.165) is 32.1 Å². The van der Waals surface area contributed by atoms with E-state index in [1.54, 1.807) is 11.8 Å². The highest BCUT2D eigenvalue weighted by Gasteiger charge is 2.26. The van der Waals surface area contributed by atoms with Crippen LogP contribution < -0.4 is 5.32 Å². The summed E-state index contributed by atoms with van der Waals surface area (Å²) in [5.74, 6) is 0.135. The lowest BCUT2D eigenvalue weighted by molar-refractivity contribution is 0.0982. The molecule has 0 aromatic heterocycles. The Bertz CT molecular complexity index is 987. The largest absolute Gasteiger partial charge is 0.335 e. The third-order valence-corrected chi connectivity index (χ3v) is 5.97. The maximum Gasteiger partial charge on any atom is 0.166 e. The van der Waals surface area contributed by atoms with Gasteiger partial charge >= 0.3 is 0 Å². The van der Waals surface area contributed by atoms with Crippen LogP contribution in [0.5, 0.6) is 0 Å². The van der Waals surface area contributed by atoms with E-state index in [0.29, 0.717) is 6.42 Å². The van der Waals surface area contributed by atoms with Crippen molar-refractivity contribution in [3.05, 3.63) is 94.5 Å². The number of para-hydroxylation sites is 2. The lowest BCUT2D eigenvalue weighted by Crippen LogP contribution is -2.16. The molecule has 3 nitrogen and oxygen atoms in total. The van der Waals surface area contributed by atoms with Gasteiger partial charge in [-0.2, -0.15) is 0 Å². The minimum absolute atomic E-state index is 0.0288. The molecule has 0 unspecified atom stereocenters. The first kappa shape index (κ1) is 18.0. The van der Waals surface area contributed by atoms with Crippen LogP contribution in [0.1, 0.15) is 27.6 Å². The highest BCUT2D eigenvalue weighted by Crippen LogP contribution is 2.43. The summed E-state index contributed by atoms with van der Waals surface area (Å²) in [5.41, 5.74) is 3.74. The maximum absolute atomic E-state index is 12.8. The van der Waals surface area contributed by atoms with E-state index in [2.05, 4.69) is 27.3 Å². The number of carbonyl (C=O) groups is 1. The minimum atomic E-state index is 0.0288. The number of carbonyl (C=O) groups excluding carboxylic acids is 1. The molecule has 0 radical (unpaired) electrons. The third kappa shape index (κ3) is 4.31. The van der Waals surface area contributed by atoms with Crippen molar-refractivity contribution in [3.8, 4) is 0 Å². The van der Waals surface area contributed by atoms with Gasteiger partial charge in [-0.05, 0) is 35.9 Å². The average molecular weight is 437 g/mol. The van der Waals surface area contributed by atoms with Gasteiger partial charge in [0.15, 0.2) is 11.0 Å². The molecule has 0 bridgehead atoms. The number of nitrogens with zero attached hydrogens (tertiary/aromatic N) is 1. The third-order valence-electron chi connectivity index (χ3n) is 4.32. The highest BCUT2D eigenvalue weighted by atomic mass is 79.9. The minimum Gasteiger partial charge on any atom is -0.335 e. The van der Waals surface area contributed by atoms with Crippen LogP contribution in [0.4, 0.5) is 11.4 Å². The van der Waals surface area contributed by atoms with Gasteiger partial charge in [-0.3, -0.25) is 4.79 Å². The standard InChI is InChI=1S/C22H17BrN2OS/c23-16-12-10-15(11-13-16)20(26)14-21-18-8-4-5-9-19(18)25-22(27-21)24-17-6-2-1-3-7-17/h1-13,21H,14H2,(H,24,25)/t21-/m1/s1. The van der Waals surface area contributed by atoms with Gasteiger partial charge in [0, 0.05) is 27.4 Å². The second-order valence-electron chi connectivity index (χ2n) is 6.21. The first-order valence-corrected chi connectivity index (χ1v) is 10.3. The molecule has 27 heavy (non-hydrogen) atoms. The van der Waals surface area contributed by atoms with E-state index >= 15 is 0 Å². The van der Waals surface area contributed by atoms with Crippen LogP contribution in [0, 0.1) is 0 Å². The second-order valence-corrected chi connectivity index (χ2v) is 8.31. The number of ketones is 1. The van der Waals surface area contributed by atoms with E-state index in [4.69, 9.17) is 4.99 Å². The zero-order valence-corrected chi connectivity index (χ0v) is 16.8. The zero-order valence-electron chi connectivity index (χ0n) is 14.4. The molecule has 1 aliphatic rings. The highest BCUT2D eigenvalue weighted by molar-refractivity contribution is 9.10. The van der Waals surface area contributed by atoms with Crippen LogP contribution in [-0.4, -0.2) is 11.0 Å². The molecule has 4 rings (SSSR count). The average Bonchev–Trinajstić information content (AvgIpc) is 2.69. The van der Waals surface area contributed by atoms with Crippen molar-refractivity contribution in [2.75, 3.05) is 5.32 Å². The number of fused-ring (bicyclic) bond motifs is 1. The van der Waals surface area contributed by atoms with Crippen molar-refractivity contribution in [1.82, 2.24) is 0 Å². The van der Waals surface area contributed by atoms with Crippen molar-refractivity contribution in [2.45, 2.75) is 11.7 Å². The number of halogens is 1. The number of aliphatic imine (C=N–C) groups is 1. The predicted molar refractivity (Wildman–Crippen MR) is 117 cm³/mol. The fraction of sp³-hybridized carbons (Fsp3) is 0.0909. The van der Waals surface area contributed by atoms with E-state index < -0.39 is 0 Å². The topological polar surface area (TPSA) is 41.5 Å². The maximum atomic E-state index is 12.8. The molecule has 0 amide bonds. The zero-order chi connectivity index (χ0) is 18.6. The summed E-state index contributed by atoms with van der Waals surface area (Å²) in [6.45, 7) is 0. The van der Waals surface area contributed by atoms with Crippen molar-refractivity contribution in [2.24, 2.45) is 4.99 Å². The lowest BCUT2D eigenvalue weighted by Gasteiger charge is -2.24. The van der Waals surface area contributed by atoms with Crippen molar-refractivity contribution in [1.29, 1.82) is 0 Å². The Labute approximate surface area is 171 Å². The molecule has 1 atom stereocenters. The van der Waals surface area contributed by atoms with Crippen LogP contribution in [-0.2, 0) is 0 Å². The van der Waals surface area contributed by atoms with Gasteiger partial charge in [-0.15, -0.1) is 0 Å². The van der Waals surface area contributed by atoms with Gasteiger partial charge in [-0.1, -0.05) is 76.2 Å². The van der Waals surface area contributed by atoms with E-state index in [1.807, 2.05) is 72.8 Å². The van der Waals surface area contributed by atoms with Crippen molar-refractivity contribution < 1.29 is 4.79 Å². The molecule has 0 aliphatic carbocycles. The van der Waals surface area contributed by atoms with Gasteiger partial charge in [0.05, 0.1) is 5.69 Å². The molecule has 0 saturated heterocycles. The van der Waals surface area contributed by atoms with Crippen LogP contribution in [0.2, 0.25) is 0 Å². The van der Waals surface area contributed by atoms with Gasteiger partial charge in [-0.25, -0.2) is 4.99 Å². The first-order valence-electron chi connectivity index (χ1n) is 8.64. The Morgan fingerprint density at radius 2 is 1.67 bits per heavy atom. The molecular weight excluding hydrogens is 420 g/mol. The summed E-state index contributed by atoms with van der Waals surface area (Å²) < 4.78 is 0.970. The molecule has 0 fully saturated rings. The SMILES string of the molecule is O=C(C[C@H]1SC(Nc2ccccc2)=Nc2ccccc21)c1ccc(Br)cc1. The number of thioether (sulfide) groups is 1. The Balaban J connectivity index is 1.58. The number of nitrogens with one attached hydrogen (secondary N) is 1. The fourth-order valence-electron chi connectivity index (χ4n) is 2.97. The summed E-state index contributed by atoms with van der Waals surface area (Å²) in [7, 11) is 0. The molecule has 0 saturated carbocycles. The monoisotopic (exact) mass is 436 g/mol. The number of hydrogen-bond donors (Lipinski definition) is 1. The predicted octanol–water partition coefficient (Wildman–Crippen LogP) is 6.61. The normalized spacial score (nSPS) is 15.6. The number of benzene rings is 3. The number of amidine groups is 1. The van der Waals surface area contributed by atoms with Gasteiger partial charge < -0.3 is 5.32 Å². The van der Waals surface area contributed by atoms with Crippen molar-refractivity contribution >= 4 is 50.0 Å². The summed E-state index contributed by atoms with van der Waals surface area (Å²) in [6.07, 6.45) is 0.429. The molecule has 1 N–H and O–H groups in total. The molecular formula is C22H17BrN2OS. The Morgan fingerprint density at radius 3 is 2.44 bits per heavy atom. The molecule has 1 aliphatic heterocycles.